The van der Waals surface area contributed by atoms with Crippen molar-refractivity contribution >= 4 is 23.6 Å². The predicted molar refractivity (Wildman–Crippen MR) is 97.0 cm³/mol. The molecule has 0 spiro atoms. The van der Waals surface area contributed by atoms with E-state index in [-0.39, 0.29) is 29.2 Å². The number of methoxy groups -OCH3 is 2. The summed E-state index contributed by atoms with van der Waals surface area (Å²) in [5, 5.41) is 0. The number of rotatable bonds is 7. The second kappa shape index (κ2) is 8.41. The second-order valence-corrected chi connectivity index (χ2v) is 6.91. The number of nitrogens with zero attached hydrogens (tertiary/aromatic N) is 1. The van der Waals surface area contributed by atoms with Crippen molar-refractivity contribution in [3.8, 4) is 11.5 Å². The van der Waals surface area contributed by atoms with Crippen LogP contribution in [0.15, 0.2) is 18.2 Å². The summed E-state index contributed by atoms with van der Waals surface area (Å²) in [4.78, 5) is 50.3. The van der Waals surface area contributed by atoms with E-state index in [1.54, 1.807) is 12.1 Å². The highest BCUT2D eigenvalue weighted by Gasteiger charge is 2.48. The lowest BCUT2D eigenvalue weighted by atomic mass is 9.81. The highest BCUT2D eigenvalue weighted by atomic mass is 16.5. The molecule has 8 heteroatoms. The zero-order valence-corrected chi connectivity index (χ0v) is 15.9. The first-order valence-corrected chi connectivity index (χ1v) is 9.22. The van der Waals surface area contributed by atoms with Gasteiger partial charge in [0.15, 0.2) is 6.61 Å². The molecule has 1 aliphatic heterocycles. The van der Waals surface area contributed by atoms with Crippen LogP contribution in [0.4, 0.5) is 0 Å². The van der Waals surface area contributed by atoms with Crippen LogP contribution in [0.25, 0.3) is 0 Å². The molecule has 1 heterocycles. The molecule has 2 aliphatic rings. The molecular weight excluding hydrogens is 366 g/mol. The van der Waals surface area contributed by atoms with Gasteiger partial charge in [0.25, 0.3) is 0 Å². The van der Waals surface area contributed by atoms with E-state index >= 15 is 0 Å². The third-order valence-corrected chi connectivity index (χ3v) is 5.29. The van der Waals surface area contributed by atoms with Gasteiger partial charge in [0, 0.05) is 0 Å². The summed E-state index contributed by atoms with van der Waals surface area (Å²) in [6.45, 7) is -0.987. The zero-order chi connectivity index (χ0) is 20.3. The van der Waals surface area contributed by atoms with Crippen molar-refractivity contribution in [3.63, 3.8) is 0 Å². The summed E-state index contributed by atoms with van der Waals surface area (Å²) in [5.41, 5.74) is 0.217. The third-order valence-electron chi connectivity index (χ3n) is 5.29. The minimum atomic E-state index is -0.796. The van der Waals surface area contributed by atoms with E-state index in [0.717, 1.165) is 17.7 Å². The number of ketones is 1. The van der Waals surface area contributed by atoms with E-state index in [1.807, 2.05) is 0 Å². The summed E-state index contributed by atoms with van der Waals surface area (Å²) in [7, 11) is 2.90. The van der Waals surface area contributed by atoms with Crippen molar-refractivity contribution in [1.29, 1.82) is 0 Å². The number of ether oxygens (including phenoxy) is 3. The monoisotopic (exact) mass is 389 g/mol. The highest BCUT2D eigenvalue weighted by molar-refractivity contribution is 6.07. The van der Waals surface area contributed by atoms with Gasteiger partial charge in [0.05, 0.1) is 31.6 Å². The number of hydrogen-bond acceptors (Lipinski definition) is 7. The van der Waals surface area contributed by atoms with Crippen LogP contribution in [0.3, 0.4) is 0 Å². The van der Waals surface area contributed by atoms with Crippen molar-refractivity contribution < 1.29 is 33.4 Å². The molecule has 1 aliphatic carbocycles. The minimum absolute atomic E-state index is 0.217. The van der Waals surface area contributed by atoms with Gasteiger partial charge in [-0.2, -0.15) is 0 Å². The fraction of sp³-hybridized carbons (Fsp3) is 0.500. The number of likely N-dealkylation sites (tertiary alicyclic amines) is 1. The Morgan fingerprint density at radius 2 is 1.68 bits per heavy atom. The molecule has 1 saturated carbocycles. The smallest absolute Gasteiger partial charge is 0.326 e. The van der Waals surface area contributed by atoms with E-state index in [1.165, 1.54) is 20.3 Å². The molecule has 0 bridgehead atoms. The molecule has 2 amide bonds. The number of carbonyl (C=O) groups is 4. The summed E-state index contributed by atoms with van der Waals surface area (Å²) in [6.07, 6.45) is 3.18. The Labute approximate surface area is 162 Å². The first kappa shape index (κ1) is 19.9. The molecule has 1 aromatic rings. The number of carbonyl (C=O) groups excluding carboxylic acids is 4. The summed E-state index contributed by atoms with van der Waals surface area (Å²) in [6, 6.07) is 4.72. The number of imide groups is 1. The van der Waals surface area contributed by atoms with E-state index in [0.29, 0.717) is 24.3 Å². The molecule has 2 fully saturated rings. The first-order chi connectivity index (χ1) is 13.5. The van der Waals surface area contributed by atoms with Crippen LogP contribution >= 0.6 is 0 Å². The third kappa shape index (κ3) is 3.85. The van der Waals surface area contributed by atoms with Gasteiger partial charge >= 0.3 is 5.97 Å². The van der Waals surface area contributed by atoms with Crippen LogP contribution in [-0.4, -0.2) is 55.8 Å². The lowest BCUT2D eigenvalue weighted by Crippen LogP contribution is -2.37. The first-order valence-electron chi connectivity index (χ1n) is 9.22. The van der Waals surface area contributed by atoms with E-state index in [2.05, 4.69) is 0 Å². The second-order valence-electron chi connectivity index (χ2n) is 6.91. The Morgan fingerprint density at radius 1 is 1.04 bits per heavy atom. The van der Waals surface area contributed by atoms with Crippen molar-refractivity contribution in [1.82, 2.24) is 4.90 Å². The van der Waals surface area contributed by atoms with Gasteiger partial charge in [-0.3, -0.25) is 24.1 Å². The van der Waals surface area contributed by atoms with Crippen LogP contribution in [-0.2, 0) is 19.1 Å². The average molecular weight is 389 g/mol. The van der Waals surface area contributed by atoms with Crippen molar-refractivity contribution in [2.75, 3.05) is 27.4 Å². The van der Waals surface area contributed by atoms with Gasteiger partial charge in [-0.05, 0) is 31.0 Å². The number of esters is 1. The summed E-state index contributed by atoms with van der Waals surface area (Å²) in [5.74, 6) is -1.75. The van der Waals surface area contributed by atoms with Crippen molar-refractivity contribution in [2.24, 2.45) is 11.8 Å². The Kier molecular flexibility index (Phi) is 5.96. The number of benzene rings is 1. The van der Waals surface area contributed by atoms with Gasteiger partial charge in [0.2, 0.25) is 17.6 Å². The SMILES string of the molecule is COc1ccc(OC)c(C(=O)COC(=O)CN2C(=O)[C@H]3CCCC[C@H]3C2=O)c1. The molecule has 0 unspecified atom stereocenters. The van der Waals surface area contributed by atoms with Crippen LogP contribution in [0.5, 0.6) is 11.5 Å². The van der Waals surface area contributed by atoms with Gasteiger partial charge in [-0.15, -0.1) is 0 Å². The molecule has 0 N–H and O–H groups in total. The van der Waals surface area contributed by atoms with Crippen molar-refractivity contribution in [2.45, 2.75) is 25.7 Å². The lowest BCUT2D eigenvalue weighted by Gasteiger charge is -2.19. The molecular formula is C20H23NO7. The quantitative estimate of drug-likeness (QED) is 0.397. The number of hydrogen-bond donors (Lipinski definition) is 0. The maximum absolute atomic E-state index is 12.4. The van der Waals surface area contributed by atoms with Gasteiger partial charge in [-0.1, -0.05) is 12.8 Å². The van der Waals surface area contributed by atoms with Gasteiger partial charge in [-0.25, -0.2) is 0 Å². The maximum atomic E-state index is 12.4. The zero-order valence-electron chi connectivity index (χ0n) is 15.9. The molecule has 1 aromatic carbocycles. The van der Waals surface area contributed by atoms with E-state index in [4.69, 9.17) is 14.2 Å². The topological polar surface area (TPSA) is 99.2 Å². The van der Waals surface area contributed by atoms with Crippen LogP contribution in [0, 0.1) is 11.8 Å². The van der Waals surface area contributed by atoms with Crippen LogP contribution < -0.4 is 9.47 Å². The average Bonchev–Trinajstić information content (AvgIpc) is 2.96. The Bertz CT molecular complexity index is 780. The van der Waals surface area contributed by atoms with Gasteiger partial charge < -0.3 is 14.2 Å². The van der Waals surface area contributed by atoms with E-state index < -0.39 is 24.9 Å². The minimum Gasteiger partial charge on any atom is -0.497 e. The highest BCUT2D eigenvalue weighted by Crippen LogP contribution is 2.37. The molecule has 28 heavy (non-hydrogen) atoms. The van der Waals surface area contributed by atoms with Crippen molar-refractivity contribution in [3.05, 3.63) is 23.8 Å². The standard InChI is InChI=1S/C20H23NO7/c1-26-12-7-8-17(27-2)15(9-12)16(22)11-28-18(23)10-21-19(24)13-5-3-4-6-14(13)20(21)25/h7-9,13-14H,3-6,10-11H2,1-2H3/t13-,14+. The number of amides is 2. The Balaban J connectivity index is 1.59. The Morgan fingerprint density at radius 3 is 2.25 bits per heavy atom. The molecule has 0 aromatic heterocycles. The Hall–Kier alpha value is -2.90. The van der Waals surface area contributed by atoms with Crippen LogP contribution in [0.1, 0.15) is 36.0 Å². The molecule has 1 saturated heterocycles. The lowest BCUT2D eigenvalue weighted by molar-refractivity contribution is -0.152. The normalized spacial score (nSPS) is 21.3. The molecule has 150 valence electrons. The predicted octanol–water partition coefficient (Wildman–Crippen LogP) is 1.60. The molecule has 0 radical (unpaired) electrons. The van der Waals surface area contributed by atoms with Crippen LogP contribution in [0.2, 0.25) is 0 Å². The maximum Gasteiger partial charge on any atom is 0.326 e. The molecule has 2 atom stereocenters. The fourth-order valence-corrected chi connectivity index (χ4v) is 3.82. The van der Waals surface area contributed by atoms with Gasteiger partial charge in [0.1, 0.15) is 18.0 Å². The number of Topliss-reactive ketones (excluding diaryl/α,β-unsaturated/α-hetero) is 1. The van der Waals surface area contributed by atoms with E-state index in [9.17, 15) is 19.2 Å². The summed E-state index contributed by atoms with van der Waals surface area (Å²) < 4.78 is 15.3. The summed E-state index contributed by atoms with van der Waals surface area (Å²) >= 11 is 0. The number of fused-ring (bicyclic) bond motifs is 1. The fourth-order valence-electron chi connectivity index (χ4n) is 3.82. The molecule has 3 rings (SSSR count). The largest absolute Gasteiger partial charge is 0.497 e. The molecule has 8 nitrogen and oxygen atoms in total.